The molecule has 0 bridgehead atoms. The molecule has 0 spiro atoms. The second kappa shape index (κ2) is 9.13. The molecule has 0 saturated heterocycles. The molecular weight excluding hydrogens is 438 g/mol. The van der Waals surface area contributed by atoms with Gasteiger partial charge in [-0.15, -0.1) is 0 Å². The number of hydrogen-bond donors (Lipinski definition) is 2. The average molecular weight is 470 g/mol. The van der Waals surface area contributed by atoms with Gasteiger partial charge in [0.1, 0.15) is 0 Å². The number of aromatic nitrogens is 4. The third-order valence-corrected chi connectivity index (χ3v) is 6.61. The highest BCUT2D eigenvalue weighted by molar-refractivity contribution is 6.06. The fourth-order valence-electron chi connectivity index (χ4n) is 4.68. The number of H-pyrrole nitrogens is 1. The summed E-state index contributed by atoms with van der Waals surface area (Å²) in [6.07, 6.45) is 2.81. The van der Waals surface area contributed by atoms with E-state index in [4.69, 9.17) is 4.98 Å². The van der Waals surface area contributed by atoms with Gasteiger partial charge in [0, 0.05) is 35.5 Å². The minimum absolute atomic E-state index is 0.135. The quantitative estimate of drug-likeness (QED) is 0.410. The molecule has 1 aliphatic carbocycles. The summed E-state index contributed by atoms with van der Waals surface area (Å²) in [5.41, 5.74) is 6.31. The summed E-state index contributed by atoms with van der Waals surface area (Å²) in [5, 5.41) is 8.48. The molecule has 7 nitrogen and oxygen atoms in total. The standard InChI is InChI=1S/C28H31N5O2/c1-16(2)33-26-25(18(4)32-33)22(14-24(31-26)20-10-11-20)27(34)29-15-23-21(12-17(3)30-28(23)35)13-19-8-6-5-7-9-19/h5-9,12,14,16,20H,10-11,13,15H2,1-4H3,(H,29,34)(H,30,35). The van der Waals surface area contributed by atoms with Crippen molar-refractivity contribution >= 4 is 16.9 Å². The molecule has 35 heavy (non-hydrogen) atoms. The Morgan fingerprint density at radius 3 is 2.60 bits per heavy atom. The zero-order valence-electron chi connectivity index (χ0n) is 20.7. The molecule has 3 heterocycles. The number of carbonyl (C=O) groups excluding carboxylic acids is 1. The Balaban J connectivity index is 1.48. The monoisotopic (exact) mass is 469 g/mol. The van der Waals surface area contributed by atoms with E-state index >= 15 is 0 Å². The number of carbonyl (C=O) groups is 1. The number of fused-ring (bicyclic) bond motifs is 1. The largest absolute Gasteiger partial charge is 0.348 e. The first-order valence-corrected chi connectivity index (χ1v) is 12.3. The van der Waals surface area contributed by atoms with E-state index in [2.05, 4.69) is 29.2 Å². The number of aromatic amines is 1. The van der Waals surface area contributed by atoms with Crippen LogP contribution >= 0.6 is 0 Å². The van der Waals surface area contributed by atoms with Crippen LogP contribution in [0.2, 0.25) is 0 Å². The van der Waals surface area contributed by atoms with Crippen LogP contribution < -0.4 is 10.9 Å². The van der Waals surface area contributed by atoms with E-state index < -0.39 is 0 Å². The van der Waals surface area contributed by atoms with E-state index in [1.165, 1.54) is 0 Å². The van der Waals surface area contributed by atoms with Gasteiger partial charge < -0.3 is 10.3 Å². The van der Waals surface area contributed by atoms with Crippen molar-refractivity contribution in [3.05, 3.63) is 92.2 Å². The molecule has 1 saturated carbocycles. The van der Waals surface area contributed by atoms with Crippen molar-refractivity contribution in [1.82, 2.24) is 25.1 Å². The number of hydrogen-bond acceptors (Lipinski definition) is 4. The highest BCUT2D eigenvalue weighted by Gasteiger charge is 2.29. The van der Waals surface area contributed by atoms with Gasteiger partial charge in [0.15, 0.2) is 5.65 Å². The Labute approximate surface area is 204 Å². The highest BCUT2D eigenvalue weighted by atomic mass is 16.1. The molecular formula is C28H31N5O2. The van der Waals surface area contributed by atoms with Crippen molar-refractivity contribution in [3.8, 4) is 0 Å². The van der Waals surface area contributed by atoms with Crippen molar-refractivity contribution in [2.75, 3.05) is 0 Å². The fourth-order valence-corrected chi connectivity index (χ4v) is 4.68. The van der Waals surface area contributed by atoms with Crippen LogP contribution in [-0.4, -0.2) is 25.7 Å². The maximum absolute atomic E-state index is 13.5. The summed E-state index contributed by atoms with van der Waals surface area (Å²) >= 11 is 0. The smallest absolute Gasteiger partial charge is 0.253 e. The Morgan fingerprint density at radius 1 is 1.17 bits per heavy atom. The molecule has 1 aromatic carbocycles. The SMILES string of the molecule is Cc1cc(Cc2ccccc2)c(CNC(=O)c2cc(C3CC3)nc3c2c(C)nn3C(C)C)c(=O)[nH]1. The van der Waals surface area contributed by atoms with Crippen LogP contribution in [0, 0.1) is 13.8 Å². The van der Waals surface area contributed by atoms with Gasteiger partial charge >= 0.3 is 0 Å². The molecule has 0 atom stereocenters. The second-order valence-corrected chi connectivity index (χ2v) is 9.82. The zero-order chi connectivity index (χ0) is 24.7. The molecule has 3 aromatic heterocycles. The summed E-state index contributed by atoms with van der Waals surface area (Å²) in [6.45, 7) is 8.07. The number of pyridine rings is 2. The number of benzene rings is 1. The van der Waals surface area contributed by atoms with E-state index in [9.17, 15) is 9.59 Å². The van der Waals surface area contributed by atoms with Gasteiger partial charge in [-0.1, -0.05) is 30.3 Å². The molecule has 4 aromatic rings. The molecule has 0 radical (unpaired) electrons. The Bertz CT molecular complexity index is 1460. The first-order valence-electron chi connectivity index (χ1n) is 12.3. The van der Waals surface area contributed by atoms with Crippen molar-refractivity contribution in [1.29, 1.82) is 0 Å². The van der Waals surface area contributed by atoms with Crippen LogP contribution in [-0.2, 0) is 13.0 Å². The minimum Gasteiger partial charge on any atom is -0.348 e. The van der Waals surface area contributed by atoms with E-state index in [1.54, 1.807) is 0 Å². The third-order valence-electron chi connectivity index (χ3n) is 6.61. The lowest BCUT2D eigenvalue weighted by molar-refractivity contribution is 0.0952. The predicted molar refractivity (Wildman–Crippen MR) is 137 cm³/mol. The third kappa shape index (κ3) is 4.63. The lowest BCUT2D eigenvalue weighted by atomic mass is 10.00. The molecule has 180 valence electrons. The maximum atomic E-state index is 13.5. The summed E-state index contributed by atoms with van der Waals surface area (Å²) in [4.78, 5) is 34.2. The van der Waals surface area contributed by atoms with Gasteiger partial charge in [-0.25, -0.2) is 9.67 Å². The van der Waals surface area contributed by atoms with Crippen LogP contribution in [0.3, 0.4) is 0 Å². The molecule has 2 N–H and O–H groups in total. The molecule has 5 rings (SSSR count). The highest BCUT2D eigenvalue weighted by Crippen LogP contribution is 2.40. The van der Waals surface area contributed by atoms with Gasteiger partial charge in [0.2, 0.25) is 0 Å². The van der Waals surface area contributed by atoms with Gasteiger partial charge in [-0.05, 0) is 70.2 Å². The van der Waals surface area contributed by atoms with Crippen molar-refractivity contribution in [3.63, 3.8) is 0 Å². The summed E-state index contributed by atoms with van der Waals surface area (Å²) in [7, 11) is 0. The van der Waals surface area contributed by atoms with Gasteiger partial charge in [-0.3, -0.25) is 9.59 Å². The Kier molecular flexibility index (Phi) is 6.01. The Morgan fingerprint density at radius 2 is 1.91 bits per heavy atom. The number of nitrogens with one attached hydrogen (secondary N) is 2. The molecule has 7 heteroatoms. The van der Waals surface area contributed by atoms with Crippen molar-refractivity contribution in [2.45, 2.75) is 65.5 Å². The van der Waals surface area contributed by atoms with Crippen LogP contribution in [0.15, 0.2) is 47.3 Å². The van der Waals surface area contributed by atoms with Crippen molar-refractivity contribution in [2.24, 2.45) is 0 Å². The summed E-state index contributed by atoms with van der Waals surface area (Å²) < 4.78 is 1.90. The summed E-state index contributed by atoms with van der Waals surface area (Å²) in [5.74, 6) is 0.190. The van der Waals surface area contributed by atoms with E-state index in [0.717, 1.165) is 52.1 Å². The minimum atomic E-state index is -0.212. The number of aryl methyl sites for hydroxylation is 2. The van der Waals surface area contributed by atoms with Gasteiger partial charge in [0.05, 0.1) is 16.6 Å². The first kappa shape index (κ1) is 23.0. The van der Waals surface area contributed by atoms with E-state index in [1.807, 2.05) is 61.0 Å². The topological polar surface area (TPSA) is 92.7 Å². The first-order chi connectivity index (χ1) is 16.8. The number of amides is 1. The normalized spacial score (nSPS) is 13.5. The lowest BCUT2D eigenvalue weighted by Gasteiger charge is -2.13. The molecule has 1 amide bonds. The molecule has 1 aliphatic rings. The fraction of sp³-hybridized carbons (Fsp3) is 0.357. The second-order valence-electron chi connectivity index (χ2n) is 9.82. The number of nitrogens with zero attached hydrogens (tertiary/aromatic N) is 3. The van der Waals surface area contributed by atoms with Crippen LogP contribution in [0.5, 0.6) is 0 Å². The predicted octanol–water partition coefficient (Wildman–Crippen LogP) is 4.72. The summed E-state index contributed by atoms with van der Waals surface area (Å²) in [6, 6.07) is 14.1. The van der Waals surface area contributed by atoms with Crippen LogP contribution in [0.1, 0.15) is 82.8 Å². The van der Waals surface area contributed by atoms with E-state index in [-0.39, 0.29) is 24.1 Å². The Hall–Kier alpha value is -3.74. The maximum Gasteiger partial charge on any atom is 0.253 e. The van der Waals surface area contributed by atoms with Crippen LogP contribution in [0.4, 0.5) is 0 Å². The van der Waals surface area contributed by atoms with Crippen LogP contribution in [0.25, 0.3) is 11.0 Å². The lowest BCUT2D eigenvalue weighted by Crippen LogP contribution is -2.29. The zero-order valence-corrected chi connectivity index (χ0v) is 20.7. The molecule has 0 aliphatic heterocycles. The van der Waals surface area contributed by atoms with Crippen molar-refractivity contribution < 1.29 is 4.79 Å². The average Bonchev–Trinajstić information content (AvgIpc) is 3.62. The number of rotatable bonds is 7. The molecule has 1 fully saturated rings. The van der Waals surface area contributed by atoms with Gasteiger partial charge in [0.25, 0.3) is 11.5 Å². The van der Waals surface area contributed by atoms with Gasteiger partial charge in [-0.2, -0.15) is 5.10 Å². The van der Waals surface area contributed by atoms with E-state index in [0.29, 0.717) is 23.5 Å². The molecule has 0 unspecified atom stereocenters.